The molecular formula is C13H15N. The maximum absolute atomic E-state index is 8.52. The molecule has 1 aromatic carbocycles. The van der Waals surface area contributed by atoms with Crippen molar-refractivity contribution in [2.24, 2.45) is 0 Å². The molecule has 0 spiro atoms. The van der Waals surface area contributed by atoms with E-state index in [9.17, 15) is 0 Å². The molecule has 1 heteroatoms. The smallest absolute Gasteiger partial charge is 0.0625 e. The van der Waals surface area contributed by atoms with Crippen LogP contribution in [0.15, 0.2) is 18.2 Å². The van der Waals surface area contributed by atoms with Gasteiger partial charge in [-0.15, -0.1) is 0 Å². The van der Waals surface area contributed by atoms with Crippen molar-refractivity contribution in [1.29, 1.82) is 5.26 Å². The first-order valence-corrected chi connectivity index (χ1v) is 5.38. The number of fused-ring (bicyclic) bond motifs is 1. The Bertz CT molecular complexity index is 360. The fourth-order valence-corrected chi connectivity index (χ4v) is 2.14. The molecule has 14 heavy (non-hydrogen) atoms. The van der Waals surface area contributed by atoms with Crippen molar-refractivity contribution >= 4 is 0 Å². The topological polar surface area (TPSA) is 23.8 Å². The predicted octanol–water partition coefficient (Wildman–Crippen LogP) is 3.02. The summed E-state index contributed by atoms with van der Waals surface area (Å²) in [6, 6.07) is 8.93. The minimum absolute atomic E-state index is 0.638. The molecule has 1 aliphatic rings. The van der Waals surface area contributed by atoms with Crippen LogP contribution in [0.5, 0.6) is 0 Å². The van der Waals surface area contributed by atoms with Crippen LogP contribution in [0.4, 0.5) is 0 Å². The summed E-state index contributed by atoms with van der Waals surface area (Å²) in [4.78, 5) is 0. The first kappa shape index (κ1) is 9.27. The third kappa shape index (κ3) is 1.96. The van der Waals surface area contributed by atoms with Gasteiger partial charge in [-0.1, -0.05) is 18.2 Å². The molecule has 1 nitrogen and oxygen atoms in total. The maximum Gasteiger partial charge on any atom is 0.0625 e. The molecule has 1 aliphatic carbocycles. The van der Waals surface area contributed by atoms with E-state index in [1.54, 1.807) is 0 Å². The number of nitriles is 1. The highest BCUT2D eigenvalue weighted by molar-refractivity contribution is 5.34. The monoisotopic (exact) mass is 185 g/mol. The zero-order chi connectivity index (χ0) is 9.80. The predicted molar refractivity (Wildman–Crippen MR) is 57.0 cm³/mol. The first-order chi connectivity index (χ1) is 6.90. The normalized spacial score (nSPS) is 14.5. The largest absolute Gasteiger partial charge is 0.198 e. The summed E-state index contributed by atoms with van der Waals surface area (Å²) in [6.07, 6.45) is 6.69. The molecule has 0 atom stereocenters. The van der Waals surface area contributed by atoms with E-state index >= 15 is 0 Å². The van der Waals surface area contributed by atoms with Gasteiger partial charge in [0.05, 0.1) is 6.07 Å². The minimum Gasteiger partial charge on any atom is -0.198 e. The van der Waals surface area contributed by atoms with Crippen LogP contribution >= 0.6 is 0 Å². The van der Waals surface area contributed by atoms with E-state index < -0.39 is 0 Å². The standard InChI is InChI=1S/C13H15N/c14-9-3-4-11-7-8-12-5-1-2-6-13(12)10-11/h7-8,10H,1-6H2. The zero-order valence-corrected chi connectivity index (χ0v) is 8.42. The van der Waals surface area contributed by atoms with Crippen LogP contribution in [-0.2, 0) is 19.3 Å². The maximum atomic E-state index is 8.52. The lowest BCUT2D eigenvalue weighted by molar-refractivity contribution is 0.684. The molecule has 0 aliphatic heterocycles. The quantitative estimate of drug-likeness (QED) is 0.694. The summed E-state index contributed by atoms with van der Waals surface area (Å²) in [5, 5.41) is 8.52. The van der Waals surface area contributed by atoms with E-state index in [2.05, 4.69) is 24.3 Å². The lowest BCUT2D eigenvalue weighted by atomic mass is 9.90. The fourth-order valence-electron chi connectivity index (χ4n) is 2.14. The number of aryl methyl sites for hydroxylation is 3. The Kier molecular flexibility index (Phi) is 2.84. The Morgan fingerprint density at radius 1 is 1.14 bits per heavy atom. The van der Waals surface area contributed by atoms with Crippen molar-refractivity contribution in [3.8, 4) is 6.07 Å². The minimum atomic E-state index is 0.638. The van der Waals surface area contributed by atoms with Gasteiger partial charge in [-0.05, 0) is 48.8 Å². The van der Waals surface area contributed by atoms with Crippen molar-refractivity contribution < 1.29 is 0 Å². The van der Waals surface area contributed by atoms with E-state index in [1.165, 1.54) is 42.4 Å². The van der Waals surface area contributed by atoms with Crippen molar-refractivity contribution in [1.82, 2.24) is 0 Å². The molecule has 0 fully saturated rings. The molecule has 0 unspecified atom stereocenters. The van der Waals surface area contributed by atoms with Crippen LogP contribution in [0.1, 0.15) is 36.0 Å². The number of benzene rings is 1. The molecule has 0 radical (unpaired) electrons. The summed E-state index contributed by atoms with van der Waals surface area (Å²) in [6.45, 7) is 0. The lowest BCUT2D eigenvalue weighted by Gasteiger charge is -2.16. The van der Waals surface area contributed by atoms with E-state index in [1.807, 2.05) is 0 Å². The Labute approximate surface area is 85.4 Å². The molecule has 0 saturated heterocycles. The molecule has 0 saturated carbocycles. The summed E-state index contributed by atoms with van der Waals surface area (Å²) >= 11 is 0. The Balaban J connectivity index is 2.17. The summed E-state index contributed by atoms with van der Waals surface area (Å²) in [5.41, 5.74) is 4.37. The second-order valence-corrected chi connectivity index (χ2v) is 3.97. The van der Waals surface area contributed by atoms with E-state index in [0.717, 1.165) is 6.42 Å². The molecule has 72 valence electrons. The molecule has 1 aromatic rings. The number of rotatable bonds is 2. The van der Waals surface area contributed by atoms with Gasteiger partial charge in [0, 0.05) is 6.42 Å². The Morgan fingerprint density at radius 2 is 1.93 bits per heavy atom. The van der Waals surface area contributed by atoms with Gasteiger partial charge in [0.25, 0.3) is 0 Å². The van der Waals surface area contributed by atoms with Crippen molar-refractivity contribution in [3.05, 3.63) is 34.9 Å². The van der Waals surface area contributed by atoms with Crippen molar-refractivity contribution in [3.63, 3.8) is 0 Å². The van der Waals surface area contributed by atoms with Gasteiger partial charge < -0.3 is 0 Å². The van der Waals surface area contributed by atoms with Gasteiger partial charge in [-0.2, -0.15) is 5.26 Å². The average Bonchev–Trinajstić information content (AvgIpc) is 2.26. The van der Waals surface area contributed by atoms with Crippen LogP contribution in [0.25, 0.3) is 0 Å². The van der Waals surface area contributed by atoms with Crippen LogP contribution in [0.3, 0.4) is 0 Å². The fraction of sp³-hybridized carbons (Fsp3) is 0.462. The first-order valence-electron chi connectivity index (χ1n) is 5.38. The number of nitrogens with zero attached hydrogens (tertiary/aromatic N) is 1. The van der Waals surface area contributed by atoms with Crippen LogP contribution in [0, 0.1) is 11.3 Å². The molecular weight excluding hydrogens is 170 g/mol. The van der Waals surface area contributed by atoms with Gasteiger partial charge in [0.15, 0.2) is 0 Å². The highest BCUT2D eigenvalue weighted by atomic mass is 14.2. The van der Waals surface area contributed by atoms with Gasteiger partial charge in [-0.25, -0.2) is 0 Å². The molecule has 0 heterocycles. The number of hydrogen-bond acceptors (Lipinski definition) is 1. The van der Waals surface area contributed by atoms with Gasteiger partial charge in [-0.3, -0.25) is 0 Å². The highest BCUT2D eigenvalue weighted by Gasteiger charge is 2.08. The molecule has 0 N–H and O–H groups in total. The third-order valence-corrected chi connectivity index (χ3v) is 2.94. The second kappa shape index (κ2) is 4.28. The summed E-state index contributed by atoms with van der Waals surface area (Å²) < 4.78 is 0. The van der Waals surface area contributed by atoms with E-state index in [0.29, 0.717) is 6.42 Å². The molecule has 0 bridgehead atoms. The Hall–Kier alpha value is -1.29. The molecule has 2 rings (SSSR count). The van der Waals surface area contributed by atoms with E-state index in [4.69, 9.17) is 5.26 Å². The van der Waals surface area contributed by atoms with Crippen molar-refractivity contribution in [2.75, 3.05) is 0 Å². The van der Waals surface area contributed by atoms with Gasteiger partial charge >= 0.3 is 0 Å². The SMILES string of the molecule is N#CCCc1ccc2c(c1)CCCC2. The lowest BCUT2D eigenvalue weighted by Crippen LogP contribution is -2.03. The zero-order valence-electron chi connectivity index (χ0n) is 8.42. The van der Waals surface area contributed by atoms with E-state index in [-0.39, 0.29) is 0 Å². The molecule has 0 amide bonds. The summed E-state index contributed by atoms with van der Waals surface area (Å²) in [7, 11) is 0. The van der Waals surface area contributed by atoms with Crippen LogP contribution < -0.4 is 0 Å². The third-order valence-electron chi connectivity index (χ3n) is 2.94. The highest BCUT2D eigenvalue weighted by Crippen LogP contribution is 2.22. The van der Waals surface area contributed by atoms with Crippen LogP contribution in [-0.4, -0.2) is 0 Å². The van der Waals surface area contributed by atoms with Gasteiger partial charge in [0.1, 0.15) is 0 Å². The van der Waals surface area contributed by atoms with Gasteiger partial charge in [0.2, 0.25) is 0 Å². The second-order valence-electron chi connectivity index (χ2n) is 3.97. The molecule has 0 aromatic heterocycles. The van der Waals surface area contributed by atoms with Crippen molar-refractivity contribution in [2.45, 2.75) is 38.5 Å². The van der Waals surface area contributed by atoms with Crippen LogP contribution in [0.2, 0.25) is 0 Å². The number of hydrogen-bond donors (Lipinski definition) is 0. The Morgan fingerprint density at radius 3 is 2.71 bits per heavy atom. The summed E-state index contributed by atoms with van der Waals surface area (Å²) in [5.74, 6) is 0. The average molecular weight is 185 g/mol.